The summed E-state index contributed by atoms with van der Waals surface area (Å²) in [4.78, 5) is 0. The number of aryl methyl sites for hydroxylation is 2. The highest BCUT2D eigenvalue weighted by Crippen LogP contribution is 2.25. The van der Waals surface area contributed by atoms with Crippen LogP contribution in [0.4, 0.5) is 0 Å². The Bertz CT molecular complexity index is 599. The van der Waals surface area contributed by atoms with Gasteiger partial charge in [-0.15, -0.1) is 0 Å². The van der Waals surface area contributed by atoms with Crippen molar-refractivity contribution >= 4 is 0 Å². The molecular weight excluding hydrogens is 258 g/mol. The molecule has 0 spiro atoms. The van der Waals surface area contributed by atoms with Crippen molar-refractivity contribution in [1.82, 2.24) is 15.1 Å². The van der Waals surface area contributed by atoms with E-state index in [2.05, 4.69) is 68.9 Å². The molecular formula is C18H27N3. The van der Waals surface area contributed by atoms with Gasteiger partial charge in [0.05, 0.1) is 11.4 Å². The number of hydrogen-bond donors (Lipinski definition) is 1. The number of nitrogens with zero attached hydrogens (tertiary/aromatic N) is 2. The first kappa shape index (κ1) is 15.8. The second kappa shape index (κ2) is 6.90. The maximum Gasteiger partial charge on any atom is 0.0651 e. The van der Waals surface area contributed by atoms with Gasteiger partial charge in [0.15, 0.2) is 0 Å². The highest BCUT2D eigenvalue weighted by atomic mass is 15.3. The van der Waals surface area contributed by atoms with E-state index in [1.165, 1.54) is 23.2 Å². The zero-order valence-corrected chi connectivity index (χ0v) is 13.9. The SMILES string of the molecule is CCCNCC(C)c1c(C)nn(-c2cccc(C)c2)c1C. The van der Waals surface area contributed by atoms with Gasteiger partial charge in [-0.05, 0) is 57.4 Å². The summed E-state index contributed by atoms with van der Waals surface area (Å²) in [6.45, 7) is 13.0. The molecule has 1 aromatic heterocycles. The molecule has 0 fully saturated rings. The third kappa shape index (κ3) is 3.53. The van der Waals surface area contributed by atoms with Gasteiger partial charge in [-0.3, -0.25) is 0 Å². The Morgan fingerprint density at radius 3 is 2.67 bits per heavy atom. The molecule has 0 amide bonds. The summed E-state index contributed by atoms with van der Waals surface area (Å²) in [7, 11) is 0. The number of hydrogen-bond acceptors (Lipinski definition) is 2. The molecule has 21 heavy (non-hydrogen) atoms. The highest BCUT2D eigenvalue weighted by Gasteiger charge is 2.18. The summed E-state index contributed by atoms with van der Waals surface area (Å²) in [6, 6.07) is 8.51. The lowest BCUT2D eigenvalue weighted by atomic mass is 9.99. The van der Waals surface area contributed by atoms with Crippen molar-refractivity contribution in [3.05, 3.63) is 46.8 Å². The second-order valence-corrected chi connectivity index (χ2v) is 5.94. The molecule has 2 aromatic rings. The van der Waals surface area contributed by atoms with Crippen LogP contribution in [0.5, 0.6) is 0 Å². The van der Waals surface area contributed by atoms with E-state index in [1.54, 1.807) is 0 Å². The first-order valence-electron chi connectivity index (χ1n) is 7.88. The average molecular weight is 285 g/mol. The number of nitrogens with one attached hydrogen (secondary N) is 1. The van der Waals surface area contributed by atoms with Crippen molar-refractivity contribution in [2.45, 2.75) is 47.0 Å². The van der Waals surface area contributed by atoms with Crippen LogP contribution in [0, 0.1) is 20.8 Å². The Morgan fingerprint density at radius 2 is 2.00 bits per heavy atom. The Morgan fingerprint density at radius 1 is 1.24 bits per heavy atom. The third-order valence-electron chi connectivity index (χ3n) is 3.96. The number of rotatable bonds is 6. The van der Waals surface area contributed by atoms with E-state index in [9.17, 15) is 0 Å². The lowest BCUT2D eigenvalue weighted by molar-refractivity contribution is 0.605. The minimum absolute atomic E-state index is 0.482. The number of aromatic nitrogens is 2. The lowest BCUT2D eigenvalue weighted by Crippen LogP contribution is -2.21. The fourth-order valence-corrected chi connectivity index (χ4v) is 2.98. The standard InChI is InChI=1S/C18H27N3/c1-6-10-19-12-14(3)18-15(4)20-21(16(18)5)17-9-7-8-13(2)11-17/h7-9,11,14,19H,6,10,12H2,1-5H3. The van der Waals surface area contributed by atoms with E-state index in [4.69, 9.17) is 5.10 Å². The van der Waals surface area contributed by atoms with E-state index in [-0.39, 0.29) is 0 Å². The Labute approximate surface area is 128 Å². The third-order valence-corrected chi connectivity index (χ3v) is 3.96. The summed E-state index contributed by atoms with van der Waals surface area (Å²) in [5.74, 6) is 0.482. The Balaban J connectivity index is 2.29. The summed E-state index contributed by atoms with van der Waals surface area (Å²) < 4.78 is 2.08. The maximum absolute atomic E-state index is 4.76. The van der Waals surface area contributed by atoms with Crippen LogP contribution in [0.1, 0.15) is 48.7 Å². The van der Waals surface area contributed by atoms with Gasteiger partial charge in [0.25, 0.3) is 0 Å². The van der Waals surface area contributed by atoms with Crippen molar-refractivity contribution in [3.63, 3.8) is 0 Å². The fourth-order valence-electron chi connectivity index (χ4n) is 2.98. The van der Waals surface area contributed by atoms with Crippen molar-refractivity contribution in [2.75, 3.05) is 13.1 Å². The predicted molar refractivity (Wildman–Crippen MR) is 89.4 cm³/mol. The van der Waals surface area contributed by atoms with Crippen LogP contribution in [0.2, 0.25) is 0 Å². The summed E-state index contributed by atoms with van der Waals surface area (Å²) in [5, 5.41) is 8.27. The lowest BCUT2D eigenvalue weighted by Gasteiger charge is -2.13. The van der Waals surface area contributed by atoms with Gasteiger partial charge in [0.2, 0.25) is 0 Å². The van der Waals surface area contributed by atoms with Gasteiger partial charge in [-0.1, -0.05) is 26.0 Å². The Kier molecular flexibility index (Phi) is 5.18. The van der Waals surface area contributed by atoms with E-state index in [1.807, 2.05) is 0 Å². The quantitative estimate of drug-likeness (QED) is 0.816. The molecule has 1 atom stereocenters. The van der Waals surface area contributed by atoms with E-state index in [0.717, 1.165) is 24.5 Å². The molecule has 0 bridgehead atoms. The van der Waals surface area contributed by atoms with Gasteiger partial charge in [-0.2, -0.15) is 5.10 Å². The van der Waals surface area contributed by atoms with Crippen LogP contribution < -0.4 is 5.32 Å². The molecule has 1 unspecified atom stereocenters. The van der Waals surface area contributed by atoms with Crippen LogP contribution in [0.15, 0.2) is 24.3 Å². The smallest absolute Gasteiger partial charge is 0.0651 e. The zero-order valence-electron chi connectivity index (χ0n) is 13.9. The van der Waals surface area contributed by atoms with Crippen LogP contribution in [-0.2, 0) is 0 Å². The van der Waals surface area contributed by atoms with Crippen molar-refractivity contribution < 1.29 is 0 Å². The minimum Gasteiger partial charge on any atom is -0.316 e. The summed E-state index contributed by atoms with van der Waals surface area (Å²) in [5.41, 5.74) is 6.18. The minimum atomic E-state index is 0.482. The molecule has 0 saturated carbocycles. The second-order valence-electron chi connectivity index (χ2n) is 5.94. The molecule has 0 aliphatic heterocycles. The number of benzene rings is 1. The molecule has 1 aromatic carbocycles. The maximum atomic E-state index is 4.76. The molecule has 3 heteroatoms. The molecule has 1 heterocycles. The highest BCUT2D eigenvalue weighted by molar-refractivity contribution is 5.40. The van der Waals surface area contributed by atoms with Gasteiger partial charge in [-0.25, -0.2) is 4.68 Å². The van der Waals surface area contributed by atoms with Crippen LogP contribution in [0.25, 0.3) is 5.69 Å². The molecule has 0 radical (unpaired) electrons. The molecule has 1 N–H and O–H groups in total. The molecule has 114 valence electrons. The predicted octanol–water partition coefficient (Wildman–Crippen LogP) is 3.90. The van der Waals surface area contributed by atoms with Crippen LogP contribution >= 0.6 is 0 Å². The fraction of sp³-hybridized carbons (Fsp3) is 0.500. The molecule has 3 nitrogen and oxygen atoms in total. The molecule has 0 aliphatic rings. The van der Waals surface area contributed by atoms with Crippen molar-refractivity contribution in [1.29, 1.82) is 0 Å². The van der Waals surface area contributed by atoms with Gasteiger partial charge >= 0.3 is 0 Å². The van der Waals surface area contributed by atoms with Gasteiger partial charge in [0.1, 0.15) is 0 Å². The van der Waals surface area contributed by atoms with E-state index >= 15 is 0 Å². The van der Waals surface area contributed by atoms with Crippen LogP contribution in [0.3, 0.4) is 0 Å². The molecule has 2 rings (SSSR count). The van der Waals surface area contributed by atoms with Gasteiger partial charge < -0.3 is 5.32 Å². The Hall–Kier alpha value is -1.61. The van der Waals surface area contributed by atoms with Crippen molar-refractivity contribution in [2.24, 2.45) is 0 Å². The summed E-state index contributed by atoms with van der Waals surface area (Å²) >= 11 is 0. The summed E-state index contributed by atoms with van der Waals surface area (Å²) in [6.07, 6.45) is 1.17. The average Bonchev–Trinajstić information content (AvgIpc) is 2.74. The molecule has 0 aliphatic carbocycles. The monoisotopic (exact) mass is 285 g/mol. The van der Waals surface area contributed by atoms with E-state index < -0.39 is 0 Å². The first-order valence-corrected chi connectivity index (χ1v) is 7.88. The normalized spacial score (nSPS) is 12.6. The largest absolute Gasteiger partial charge is 0.316 e. The van der Waals surface area contributed by atoms with Gasteiger partial charge in [0, 0.05) is 17.8 Å². The topological polar surface area (TPSA) is 29.9 Å². The molecule has 0 saturated heterocycles. The first-order chi connectivity index (χ1) is 10.0. The zero-order chi connectivity index (χ0) is 15.4. The van der Waals surface area contributed by atoms with E-state index in [0.29, 0.717) is 5.92 Å². The van der Waals surface area contributed by atoms with Crippen LogP contribution in [-0.4, -0.2) is 22.9 Å². The van der Waals surface area contributed by atoms with Crippen molar-refractivity contribution in [3.8, 4) is 5.69 Å².